The molecule has 1 aliphatic carbocycles. The second-order valence-corrected chi connectivity index (χ2v) is 4.66. The molecule has 1 fully saturated rings. The van der Waals surface area contributed by atoms with Crippen LogP contribution < -0.4 is 11.1 Å². The van der Waals surface area contributed by atoms with Crippen LogP contribution in [-0.4, -0.2) is 11.9 Å². The maximum atomic E-state index is 13.6. The van der Waals surface area contributed by atoms with Gasteiger partial charge in [-0.3, -0.25) is 4.79 Å². The van der Waals surface area contributed by atoms with Crippen molar-refractivity contribution in [2.45, 2.75) is 38.1 Å². The molecule has 0 bridgehead atoms. The fourth-order valence-electron chi connectivity index (χ4n) is 2.29. The molecule has 0 atom stereocenters. The molecule has 3 nitrogen and oxygen atoms in total. The highest BCUT2D eigenvalue weighted by atomic mass is 19.1. The summed E-state index contributed by atoms with van der Waals surface area (Å²) in [6.07, 6.45) is 5.04. The van der Waals surface area contributed by atoms with Gasteiger partial charge in [-0.15, -0.1) is 0 Å². The number of nitrogen functional groups attached to an aromatic ring is 1. The van der Waals surface area contributed by atoms with Gasteiger partial charge in [-0.1, -0.05) is 19.3 Å². The minimum absolute atomic E-state index is 0.0511. The zero-order valence-corrected chi connectivity index (χ0v) is 10.0. The Morgan fingerprint density at radius 1 is 1.22 bits per heavy atom. The van der Waals surface area contributed by atoms with Gasteiger partial charge in [0.05, 0.1) is 11.3 Å². The molecular formula is C13H16F2N2O. The number of hydrogen-bond acceptors (Lipinski definition) is 2. The zero-order chi connectivity index (χ0) is 13.1. The standard InChI is InChI=1S/C13H16F2N2O/c14-8-6-10(12(15)11(16)7-8)13(18)17-9-4-2-1-3-5-9/h6-7,9H,1-5,16H2,(H,17,18). The summed E-state index contributed by atoms with van der Waals surface area (Å²) in [7, 11) is 0. The third-order valence-electron chi connectivity index (χ3n) is 3.25. The Hall–Kier alpha value is -1.65. The second-order valence-electron chi connectivity index (χ2n) is 4.66. The van der Waals surface area contributed by atoms with E-state index in [4.69, 9.17) is 5.73 Å². The Bertz CT molecular complexity index is 457. The molecule has 98 valence electrons. The Morgan fingerprint density at radius 3 is 2.56 bits per heavy atom. The Balaban J connectivity index is 2.13. The lowest BCUT2D eigenvalue weighted by atomic mass is 9.95. The first kappa shape index (κ1) is 12.8. The van der Waals surface area contributed by atoms with Gasteiger partial charge >= 0.3 is 0 Å². The van der Waals surface area contributed by atoms with Crippen molar-refractivity contribution in [1.82, 2.24) is 5.32 Å². The van der Waals surface area contributed by atoms with Crippen molar-refractivity contribution in [3.8, 4) is 0 Å². The summed E-state index contributed by atoms with van der Waals surface area (Å²) in [5.74, 6) is -2.15. The van der Waals surface area contributed by atoms with Gasteiger partial charge < -0.3 is 11.1 Å². The van der Waals surface area contributed by atoms with E-state index < -0.39 is 17.5 Å². The highest BCUT2D eigenvalue weighted by Gasteiger charge is 2.20. The van der Waals surface area contributed by atoms with Crippen LogP contribution in [0.25, 0.3) is 0 Å². The normalized spacial score (nSPS) is 16.6. The fraction of sp³-hybridized carbons (Fsp3) is 0.462. The van der Waals surface area contributed by atoms with Crippen LogP contribution in [0, 0.1) is 11.6 Å². The topological polar surface area (TPSA) is 55.1 Å². The molecule has 1 aromatic rings. The second kappa shape index (κ2) is 5.33. The van der Waals surface area contributed by atoms with E-state index in [1.807, 2.05) is 0 Å². The lowest BCUT2D eigenvalue weighted by molar-refractivity contribution is 0.0923. The SMILES string of the molecule is Nc1cc(F)cc(C(=O)NC2CCCCC2)c1F. The predicted octanol–water partition coefficient (Wildman–Crippen LogP) is 2.61. The third kappa shape index (κ3) is 2.78. The summed E-state index contributed by atoms with van der Waals surface area (Å²) < 4.78 is 26.8. The van der Waals surface area contributed by atoms with E-state index in [2.05, 4.69) is 5.32 Å². The third-order valence-corrected chi connectivity index (χ3v) is 3.25. The van der Waals surface area contributed by atoms with Gasteiger partial charge in [0.25, 0.3) is 5.91 Å². The molecule has 1 aromatic carbocycles. The largest absolute Gasteiger partial charge is 0.396 e. The van der Waals surface area contributed by atoms with Crippen molar-refractivity contribution < 1.29 is 13.6 Å². The van der Waals surface area contributed by atoms with E-state index in [1.165, 1.54) is 0 Å². The number of rotatable bonds is 2. The average molecular weight is 254 g/mol. The summed E-state index contributed by atoms with van der Waals surface area (Å²) >= 11 is 0. The van der Waals surface area contributed by atoms with Gasteiger partial charge in [0, 0.05) is 6.04 Å². The number of benzene rings is 1. The van der Waals surface area contributed by atoms with Crippen LogP contribution >= 0.6 is 0 Å². The maximum Gasteiger partial charge on any atom is 0.254 e. The van der Waals surface area contributed by atoms with Crippen molar-refractivity contribution in [3.63, 3.8) is 0 Å². The molecule has 5 heteroatoms. The summed E-state index contributed by atoms with van der Waals surface area (Å²) in [6.45, 7) is 0. The molecule has 0 radical (unpaired) electrons. The van der Waals surface area contributed by atoms with E-state index in [1.54, 1.807) is 0 Å². The molecule has 1 saturated carbocycles. The molecule has 0 aliphatic heterocycles. The molecule has 3 N–H and O–H groups in total. The number of amides is 1. The zero-order valence-electron chi connectivity index (χ0n) is 10.0. The molecule has 2 rings (SSSR count). The van der Waals surface area contributed by atoms with Crippen molar-refractivity contribution in [3.05, 3.63) is 29.3 Å². The number of carbonyl (C=O) groups excluding carboxylic acids is 1. The lowest BCUT2D eigenvalue weighted by Crippen LogP contribution is -2.36. The van der Waals surface area contributed by atoms with Crippen LogP contribution in [0.2, 0.25) is 0 Å². The minimum Gasteiger partial charge on any atom is -0.396 e. The van der Waals surface area contributed by atoms with Crippen LogP contribution in [0.3, 0.4) is 0 Å². The van der Waals surface area contributed by atoms with E-state index >= 15 is 0 Å². The van der Waals surface area contributed by atoms with E-state index in [0.717, 1.165) is 44.2 Å². The Kier molecular flexibility index (Phi) is 3.79. The molecule has 0 unspecified atom stereocenters. The maximum absolute atomic E-state index is 13.6. The van der Waals surface area contributed by atoms with Gasteiger partial charge in [-0.05, 0) is 25.0 Å². The summed E-state index contributed by atoms with van der Waals surface area (Å²) in [5, 5.41) is 2.73. The van der Waals surface area contributed by atoms with Crippen LogP contribution in [0.4, 0.5) is 14.5 Å². The average Bonchev–Trinajstić information content (AvgIpc) is 2.35. The first-order valence-electron chi connectivity index (χ1n) is 6.13. The van der Waals surface area contributed by atoms with Crippen LogP contribution in [-0.2, 0) is 0 Å². The van der Waals surface area contributed by atoms with E-state index in [0.29, 0.717) is 0 Å². The van der Waals surface area contributed by atoms with Gasteiger partial charge in [0.1, 0.15) is 5.82 Å². The molecule has 0 spiro atoms. The highest BCUT2D eigenvalue weighted by molar-refractivity contribution is 5.95. The molecular weight excluding hydrogens is 238 g/mol. The molecule has 1 amide bonds. The van der Waals surface area contributed by atoms with Gasteiger partial charge in [-0.2, -0.15) is 0 Å². The Labute approximate surface area is 104 Å². The van der Waals surface area contributed by atoms with Crippen LogP contribution in [0.15, 0.2) is 12.1 Å². The molecule has 0 aromatic heterocycles. The van der Waals surface area contributed by atoms with Crippen molar-refractivity contribution in [2.24, 2.45) is 0 Å². The van der Waals surface area contributed by atoms with Crippen molar-refractivity contribution >= 4 is 11.6 Å². The monoisotopic (exact) mass is 254 g/mol. The number of nitrogens with one attached hydrogen (secondary N) is 1. The van der Waals surface area contributed by atoms with Gasteiger partial charge in [-0.25, -0.2) is 8.78 Å². The van der Waals surface area contributed by atoms with Crippen LogP contribution in [0.1, 0.15) is 42.5 Å². The summed E-state index contributed by atoms with van der Waals surface area (Å²) in [6, 6.07) is 1.80. The number of anilines is 1. The van der Waals surface area contributed by atoms with Crippen LogP contribution in [0.5, 0.6) is 0 Å². The summed E-state index contributed by atoms with van der Waals surface area (Å²) in [5.41, 5.74) is 4.63. The molecule has 0 saturated heterocycles. The lowest BCUT2D eigenvalue weighted by Gasteiger charge is -2.22. The van der Waals surface area contributed by atoms with Crippen molar-refractivity contribution in [1.29, 1.82) is 0 Å². The predicted molar refractivity (Wildman–Crippen MR) is 65.1 cm³/mol. The first-order valence-corrected chi connectivity index (χ1v) is 6.13. The number of hydrogen-bond donors (Lipinski definition) is 2. The smallest absolute Gasteiger partial charge is 0.254 e. The fourth-order valence-corrected chi connectivity index (χ4v) is 2.29. The van der Waals surface area contributed by atoms with E-state index in [-0.39, 0.29) is 17.3 Å². The van der Waals surface area contributed by atoms with Crippen molar-refractivity contribution in [2.75, 3.05) is 5.73 Å². The molecule has 18 heavy (non-hydrogen) atoms. The number of nitrogens with two attached hydrogens (primary N) is 1. The van der Waals surface area contributed by atoms with E-state index in [9.17, 15) is 13.6 Å². The quantitative estimate of drug-likeness (QED) is 0.797. The van der Waals surface area contributed by atoms with Gasteiger partial charge in [0.2, 0.25) is 0 Å². The van der Waals surface area contributed by atoms with Gasteiger partial charge in [0.15, 0.2) is 5.82 Å². The molecule has 0 heterocycles. The number of carbonyl (C=O) groups is 1. The highest BCUT2D eigenvalue weighted by Crippen LogP contribution is 2.20. The molecule has 1 aliphatic rings. The first-order chi connectivity index (χ1) is 8.58. The minimum atomic E-state index is -0.857. The summed E-state index contributed by atoms with van der Waals surface area (Å²) in [4.78, 5) is 11.9. The number of halogens is 2. The Morgan fingerprint density at radius 2 is 1.89 bits per heavy atom.